The van der Waals surface area contributed by atoms with Crippen LogP contribution in [0.15, 0.2) is 0 Å². The van der Waals surface area contributed by atoms with Crippen molar-refractivity contribution < 1.29 is 19.8 Å². The van der Waals surface area contributed by atoms with Gasteiger partial charge in [0.05, 0.1) is 5.41 Å². The van der Waals surface area contributed by atoms with Gasteiger partial charge in [0.25, 0.3) is 0 Å². The number of rotatable bonds is 13. The molecule has 0 aliphatic heterocycles. The Bertz CT molecular complexity index is 308. The van der Waals surface area contributed by atoms with E-state index in [0.29, 0.717) is 19.3 Å². The molecule has 4 nitrogen and oxygen atoms in total. The van der Waals surface area contributed by atoms with Gasteiger partial charge in [-0.05, 0) is 25.2 Å². The highest BCUT2D eigenvalue weighted by Gasteiger charge is 2.43. The Hall–Kier alpha value is -1.06. The van der Waals surface area contributed by atoms with Crippen molar-refractivity contribution in [3.05, 3.63) is 0 Å². The summed E-state index contributed by atoms with van der Waals surface area (Å²) in [6, 6.07) is 0. The zero-order chi connectivity index (χ0) is 16.3. The molecular weight excluding hydrogens is 268 g/mol. The first-order valence-electron chi connectivity index (χ1n) is 8.39. The molecule has 0 bridgehead atoms. The van der Waals surface area contributed by atoms with E-state index in [-0.39, 0.29) is 12.3 Å². The van der Waals surface area contributed by atoms with Gasteiger partial charge in [-0.25, -0.2) is 0 Å². The smallest absolute Gasteiger partial charge is 0.309 e. The predicted octanol–water partition coefficient (Wildman–Crippen LogP) is 4.72. The molecule has 1 unspecified atom stereocenters. The fraction of sp³-hybridized carbons (Fsp3) is 0.882. The number of hydrogen-bond acceptors (Lipinski definition) is 2. The lowest BCUT2D eigenvalue weighted by molar-refractivity contribution is -0.155. The fourth-order valence-corrected chi connectivity index (χ4v) is 3.26. The van der Waals surface area contributed by atoms with Crippen LogP contribution in [0.25, 0.3) is 0 Å². The van der Waals surface area contributed by atoms with E-state index in [1.807, 2.05) is 13.8 Å². The van der Waals surface area contributed by atoms with Gasteiger partial charge in [0, 0.05) is 6.42 Å². The van der Waals surface area contributed by atoms with Gasteiger partial charge in [0.2, 0.25) is 0 Å². The van der Waals surface area contributed by atoms with Gasteiger partial charge in [-0.1, -0.05) is 59.3 Å². The second-order valence-electron chi connectivity index (χ2n) is 6.02. The highest BCUT2D eigenvalue weighted by Crippen LogP contribution is 2.40. The van der Waals surface area contributed by atoms with Crippen LogP contribution < -0.4 is 0 Å². The van der Waals surface area contributed by atoms with Crippen LogP contribution in [-0.4, -0.2) is 22.2 Å². The maximum Gasteiger partial charge on any atom is 0.309 e. The van der Waals surface area contributed by atoms with Gasteiger partial charge in [-0.2, -0.15) is 0 Å². The number of carboxylic acid groups (broad SMARTS) is 2. The van der Waals surface area contributed by atoms with Crippen LogP contribution in [0.5, 0.6) is 0 Å². The average molecular weight is 300 g/mol. The van der Waals surface area contributed by atoms with Crippen molar-refractivity contribution in [2.75, 3.05) is 0 Å². The molecule has 0 aromatic heterocycles. The molecule has 0 aromatic carbocycles. The molecular formula is C17H32O4. The molecule has 0 aliphatic carbocycles. The summed E-state index contributed by atoms with van der Waals surface area (Å²) in [6.07, 6.45) is 8.46. The van der Waals surface area contributed by atoms with Crippen molar-refractivity contribution in [3.8, 4) is 0 Å². The van der Waals surface area contributed by atoms with Gasteiger partial charge in [-0.15, -0.1) is 0 Å². The van der Waals surface area contributed by atoms with E-state index in [9.17, 15) is 14.7 Å². The number of hydrogen-bond donors (Lipinski definition) is 2. The number of carboxylic acids is 2. The molecule has 0 aliphatic rings. The third-order valence-electron chi connectivity index (χ3n) is 4.80. The van der Waals surface area contributed by atoms with Crippen molar-refractivity contribution in [2.45, 2.75) is 85.0 Å². The summed E-state index contributed by atoms with van der Waals surface area (Å²) < 4.78 is 0. The Balaban J connectivity index is 4.63. The molecule has 0 amide bonds. The summed E-state index contributed by atoms with van der Waals surface area (Å²) >= 11 is 0. The highest BCUT2D eigenvalue weighted by atomic mass is 16.4. The zero-order valence-corrected chi connectivity index (χ0v) is 13.9. The van der Waals surface area contributed by atoms with Crippen molar-refractivity contribution in [1.82, 2.24) is 0 Å². The fourth-order valence-electron chi connectivity index (χ4n) is 3.26. The van der Waals surface area contributed by atoms with Crippen LogP contribution in [0.1, 0.15) is 85.0 Å². The molecule has 1 atom stereocenters. The summed E-state index contributed by atoms with van der Waals surface area (Å²) in [5, 5.41) is 18.7. The lowest BCUT2D eigenvalue weighted by Crippen LogP contribution is -2.39. The Morgan fingerprint density at radius 2 is 1.43 bits per heavy atom. The van der Waals surface area contributed by atoms with Crippen molar-refractivity contribution in [1.29, 1.82) is 0 Å². The minimum atomic E-state index is -0.890. The molecule has 2 N–H and O–H groups in total. The van der Waals surface area contributed by atoms with E-state index in [2.05, 4.69) is 6.92 Å². The summed E-state index contributed by atoms with van der Waals surface area (Å²) in [5.74, 6) is -2.00. The Kier molecular flexibility index (Phi) is 10.1. The summed E-state index contributed by atoms with van der Waals surface area (Å²) in [4.78, 5) is 22.8. The second kappa shape index (κ2) is 10.6. The van der Waals surface area contributed by atoms with E-state index in [1.165, 1.54) is 19.3 Å². The normalized spacial score (nSPS) is 13.1. The van der Waals surface area contributed by atoms with Crippen LogP contribution >= 0.6 is 0 Å². The second-order valence-corrected chi connectivity index (χ2v) is 6.02. The predicted molar refractivity (Wildman–Crippen MR) is 84.4 cm³/mol. The van der Waals surface area contributed by atoms with Gasteiger partial charge in [-0.3, -0.25) is 9.59 Å². The van der Waals surface area contributed by atoms with E-state index >= 15 is 0 Å². The van der Waals surface area contributed by atoms with E-state index in [0.717, 1.165) is 19.3 Å². The van der Waals surface area contributed by atoms with Crippen LogP contribution in [0.4, 0.5) is 0 Å². The lowest BCUT2D eigenvalue weighted by atomic mass is 9.68. The topological polar surface area (TPSA) is 74.6 Å². The molecule has 124 valence electrons. The first-order chi connectivity index (χ1) is 9.94. The molecule has 0 spiro atoms. The standard InChI is InChI=1S/C17H32O4/c1-4-7-8-9-10-11-12-14(13-15(18)19)17(5-2,6-3)16(20)21/h14H,4-13H2,1-3H3,(H,18,19)(H,20,21). The SMILES string of the molecule is CCCCCCCCC(CC(=O)O)C(CC)(CC)C(=O)O. The molecule has 0 radical (unpaired) electrons. The van der Waals surface area contributed by atoms with Crippen LogP contribution in [0.3, 0.4) is 0 Å². The zero-order valence-electron chi connectivity index (χ0n) is 13.9. The van der Waals surface area contributed by atoms with Gasteiger partial charge < -0.3 is 10.2 Å². The monoisotopic (exact) mass is 300 g/mol. The molecule has 21 heavy (non-hydrogen) atoms. The molecule has 0 saturated heterocycles. The van der Waals surface area contributed by atoms with Crippen molar-refractivity contribution >= 4 is 11.9 Å². The first kappa shape index (κ1) is 19.9. The maximum absolute atomic E-state index is 11.7. The number of unbranched alkanes of at least 4 members (excludes halogenated alkanes) is 5. The average Bonchev–Trinajstić information content (AvgIpc) is 2.43. The molecule has 0 fully saturated rings. The van der Waals surface area contributed by atoms with Gasteiger partial charge in [0.15, 0.2) is 0 Å². The summed E-state index contributed by atoms with van der Waals surface area (Å²) in [7, 11) is 0. The van der Waals surface area contributed by atoms with Crippen molar-refractivity contribution in [3.63, 3.8) is 0 Å². The summed E-state index contributed by atoms with van der Waals surface area (Å²) in [6.45, 7) is 5.88. The van der Waals surface area contributed by atoms with Crippen LogP contribution in [-0.2, 0) is 9.59 Å². The Morgan fingerprint density at radius 3 is 1.86 bits per heavy atom. The number of aliphatic carboxylic acids is 2. The highest BCUT2D eigenvalue weighted by molar-refractivity contribution is 5.76. The Morgan fingerprint density at radius 1 is 0.905 bits per heavy atom. The number of carbonyl (C=O) groups is 2. The van der Waals surface area contributed by atoms with Crippen LogP contribution in [0, 0.1) is 11.3 Å². The largest absolute Gasteiger partial charge is 0.481 e. The van der Waals surface area contributed by atoms with Crippen LogP contribution in [0.2, 0.25) is 0 Å². The first-order valence-corrected chi connectivity index (χ1v) is 8.39. The quantitative estimate of drug-likeness (QED) is 0.483. The molecule has 0 rings (SSSR count). The third kappa shape index (κ3) is 6.49. The minimum absolute atomic E-state index is 0.0388. The molecule has 0 saturated carbocycles. The van der Waals surface area contributed by atoms with E-state index < -0.39 is 17.4 Å². The lowest BCUT2D eigenvalue weighted by Gasteiger charge is -2.35. The van der Waals surface area contributed by atoms with Crippen molar-refractivity contribution in [2.24, 2.45) is 11.3 Å². The maximum atomic E-state index is 11.7. The van der Waals surface area contributed by atoms with Gasteiger partial charge in [0.1, 0.15) is 0 Å². The minimum Gasteiger partial charge on any atom is -0.481 e. The molecule has 0 aromatic rings. The summed E-state index contributed by atoms with van der Waals surface area (Å²) in [5.41, 5.74) is -0.887. The molecule has 4 heteroatoms. The molecule has 0 heterocycles. The Labute approximate surface area is 128 Å². The van der Waals surface area contributed by atoms with Gasteiger partial charge >= 0.3 is 11.9 Å². The third-order valence-corrected chi connectivity index (χ3v) is 4.80. The van der Waals surface area contributed by atoms with E-state index in [1.54, 1.807) is 0 Å². The van der Waals surface area contributed by atoms with E-state index in [4.69, 9.17) is 5.11 Å².